The number of hydrogen-bond donors (Lipinski definition) is 1. The Morgan fingerprint density at radius 1 is 1.21 bits per heavy atom. The Morgan fingerprint density at radius 3 is 2.71 bits per heavy atom. The molecule has 0 radical (unpaired) electrons. The highest BCUT2D eigenvalue weighted by atomic mass is 16.3. The van der Waals surface area contributed by atoms with Gasteiger partial charge < -0.3 is 5.11 Å². The van der Waals surface area contributed by atoms with Gasteiger partial charge in [0.1, 0.15) is 0 Å². The van der Waals surface area contributed by atoms with Crippen molar-refractivity contribution < 1.29 is 9.90 Å². The third-order valence-corrected chi connectivity index (χ3v) is 8.25. The van der Waals surface area contributed by atoms with Crippen LogP contribution in [-0.2, 0) is 4.79 Å². The van der Waals surface area contributed by atoms with Crippen LogP contribution >= 0.6 is 0 Å². The summed E-state index contributed by atoms with van der Waals surface area (Å²) in [6.45, 7) is 10.3. The van der Waals surface area contributed by atoms with Gasteiger partial charge in [-0.3, -0.25) is 4.79 Å². The van der Waals surface area contributed by atoms with Crippen molar-refractivity contribution in [3.05, 3.63) is 37.0 Å². The fourth-order valence-electron chi connectivity index (χ4n) is 6.96. The highest BCUT2D eigenvalue weighted by Gasteiger charge is 2.61. The standard InChI is InChI=1S/C22H30O2/c1-4-14-12-16(23)13-15-6-7-17-18(20(14)15)8-10-21(3)19(17)9-11-22(21,24)5-2/h4-5,13-14,17-20,24H,1-2,6-12H2,3H3/t14?,17-,18+,19+,20+,21+,22-/m1/s1. The molecule has 7 atom stereocenters. The van der Waals surface area contributed by atoms with Crippen LogP contribution in [0, 0.1) is 35.0 Å². The average molecular weight is 326 g/mol. The number of aliphatic hydroxyl groups is 1. The highest BCUT2D eigenvalue weighted by Crippen LogP contribution is 2.65. The van der Waals surface area contributed by atoms with E-state index in [2.05, 4.69) is 20.1 Å². The monoisotopic (exact) mass is 326 g/mol. The molecule has 1 unspecified atom stereocenters. The van der Waals surface area contributed by atoms with Crippen LogP contribution < -0.4 is 0 Å². The van der Waals surface area contributed by atoms with Crippen molar-refractivity contribution in [3.8, 4) is 0 Å². The van der Waals surface area contributed by atoms with Crippen LogP contribution in [0.25, 0.3) is 0 Å². The van der Waals surface area contributed by atoms with E-state index in [1.807, 2.05) is 18.2 Å². The maximum Gasteiger partial charge on any atom is 0.156 e. The summed E-state index contributed by atoms with van der Waals surface area (Å²) in [4.78, 5) is 12.0. The molecule has 130 valence electrons. The SMILES string of the molecule is C=CC1CC(=O)C=C2CC[C@@H]3[C@H](CC[C@@]4(C)[C@H]3CC[C@]4(O)C=C)[C@H]21. The second kappa shape index (κ2) is 5.42. The van der Waals surface area contributed by atoms with E-state index in [0.717, 1.165) is 32.1 Å². The fourth-order valence-corrected chi connectivity index (χ4v) is 6.96. The zero-order valence-corrected chi connectivity index (χ0v) is 14.8. The first-order valence-electron chi connectivity index (χ1n) is 9.65. The summed E-state index contributed by atoms with van der Waals surface area (Å²) in [5.74, 6) is 3.04. The molecule has 3 saturated carbocycles. The first-order valence-corrected chi connectivity index (χ1v) is 9.65. The molecule has 0 heterocycles. The second-order valence-electron chi connectivity index (χ2n) is 8.91. The fraction of sp³-hybridized carbons (Fsp3) is 0.682. The lowest BCUT2D eigenvalue weighted by atomic mass is 9.49. The molecule has 2 nitrogen and oxygen atoms in total. The number of carbonyl (C=O) groups is 1. The molecule has 3 fully saturated rings. The number of allylic oxidation sites excluding steroid dienone is 2. The van der Waals surface area contributed by atoms with Crippen LogP contribution in [0.2, 0.25) is 0 Å². The Morgan fingerprint density at radius 2 is 2.00 bits per heavy atom. The number of hydrogen-bond acceptors (Lipinski definition) is 2. The predicted octanol–water partition coefficient (Wildman–Crippen LogP) is 4.46. The lowest BCUT2D eigenvalue weighted by molar-refractivity contribution is -0.118. The molecular formula is C22H30O2. The number of ketones is 1. The lowest BCUT2D eigenvalue weighted by Crippen LogP contribution is -2.52. The normalized spacial score (nSPS) is 50.3. The van der Waals surface area contributed by atoms with Gasteiger partial charge in [0.15, 0.2) is 5.78 Å². The zero-order chi connectivity index (χ0) is 17.1. The van der Waals surface area contributed by atoms with Crippen molar-refractivity contribution in [2.45, 2.75) is 57.5 Å². The van der Waals surface area contributed by atoms with Gasteiger partial charge in [0, 0.05) is 11.8 Å². The molecule has 4 aliphatic carbocycles. The molecular weight excluding hydrogens is 296 g/mol. The van der Waals surface area contributed by atoms with Crippen molar-refractivity contribution in [1.29, 1.82) is 0 Å². The van der Waals surface area contributed by atoms with Gasteiger partial charge in [-0.25, -0.2) is 0 Å². The van der Waals surface area contributed by atoms with Crippen LogP contribution in [-0.4, -0.2) is 16.5 Å². The van der Waals surface area contributed by atoms with E-state index in [0.29, 0.717) is 36.0 Å². The van der Waals surface area contributed by atoms with E-state index in [-0.39, 0.29) is 11.2 Å². The number of fused-ring (bicyclic) bond motifs is 5. The molecule has 0 aliphatic heterocycles. The van der Waals surface area contributed by atoms with Crippen molar-refractivity contribution in [3.63, 3.8) is 0 Å². The van der Waals surface area contributed by atoms with Crippen molar-refractivity contribution in [1.82, 2.24) is 0 Å². The molecule has 2 heteroatoms. The summed E-state index contributed by atoms with van der Waals surface area (Å²) in [6, 6.07) is 0. The largest absolute Gasteiger partial charge is 0.385 e. The van der Waals surface area contributed by atoms with E-state index in [9.17, 15) is 9.90 Å². The minimum Gasteiger partial charge on any atom is -0.385 e. The van der Waals surface area contributed by atoms with Crippen molar-refractivity contribution >= 4 is 5.78 Å². The Kier molecular flexibility index (Phi) is 3.69. The maximum absolute atomic E-state index is 12.0. The van der Waals surface area contributed by atoms with Gasteiger partial charge in [0.2, 0.25) is 0 Å². The average Bonchev–Trinajstić information content (AvgIpc) is 2.85. The Balaban J connectivity index is 1.68. The minimum atomic E-state index is -0.695. The van der Waals surface area contributed by atoms with Gasteiger partial charge in [-0.1, -0.05) is 24.6 Å². The molecule has 24 heavy (non-hydrogen) atoms. The Bertz CT molecular complexity index is 617. The summed E-state index contributed by atoms with van der Waals surface area (Å²) in [6.07, 6.45) is 12.9. The summed E-state index contributed by atoms with van der Waals surface area (Å²) >= 11 is 0. The smallest absolute Gasteiger partial charge is 0.156 e. The van der Waals surface area contributed by atoms with E-state index < -0.39 is 5.60 Å². The molecule has 0 spiro atoms. The van der Waals surface area contributed by atoms with Gasteiger partial charge >= 0.3 is 0 Å². The first-order chi connectivity index (χ1) is 11.4. The summed E-state index contributed by atoms with van der Waals surface area (Å²) in [5, 5.41) is 11.1. The van der Waals surface area contributed by atoms with Crippen LogP contribution in [0.3, 0.4) is 0 Å². The molecule has 4 rings (SSSR count). The Labute approximate surface area is 145 Å². The molecule has 0 aromatic carbocycles. The molecule has 4 aliphatic rings. The van der Waals surface area contributed by atoms with Gasteiger partial charge in [-0.05, 0) is 74.2 Å². The van der Waals surface area contributed by atoms with Crippen LogP contribution in [0.15, 0.2) is 37.0 Å². The molecule has 0 saturated heterocycles. The van der Waals surface area contributed by atoms with Gasteiger partial charge in [0.05, 0.1) is 5.60 Å². The molecule has 0 aromatic heterocycles. The van der Waals surface area contributed by atoms with E-state index in [4.69, 9.17) is 0 Å². The Hall–Kier alpha value is -1.15. The van der Waals surface area contributed by atoms with Crippen molar-refractivity contribution in [2.75, 3.05) is 0 Å². The van der Waals surface area contributed by atoms with Gasteiger partial charge in [-0.15, -0.1) is 13.2 Å². The summed E-state index contributed by atoms with van der Waals surface area (Å²) < 4.78 is 0. The zero-order valence-electron chi connectivity index (χ0n) is 14.8. The maximum atomic E-state index is 12.0. The van der Waals surface area contributed by atoms with E-state index in [1.165, 1.54) is 12.0 Å². The summed E-state index contributed by atoms with van der Waals surface area (Å²) in [7, 11) is 0. The van der Waals surface area contributed by atoms with Crippen LogP contribution in [0.1, 0.15) is 51.9 Å². The number of rotatable bonds is 2. The lowest BCUT2D eigenvalue weighted by Gasteiger charge is -2.56. The van der Waals surface area contributed by atoms with E-state index in [1.54, 1.807) is 0 Å². The molecule has 0 amide bonds. The number of carbonyl (C=O) groups excluding carboxylic acids is 1. The van der Waals surface area contributed by atoms with Crippen LogP contribution in [0.5, 0.6) is 0 Å². The second-order valence-corrected chi connectivity index (χ2v) is 8.91. The first kappa shape index (κ1) is 16.3. The molecule has 0 aromatic rings. The molecule has 1 N–H and O–H groups in total. The van der Waals surface area contributed by atoms with Gasteiger partial charge in [0.25, 0.3) is 0 Å². The van der Waals surface area contributed by atoms with E-state index >= 15 is 0 Å². The van der Waals surface area contributed by atoms with Crippen LogP contribution in [0.4, 0.5) is 0 Å². The molecule has 0 bridgehead atoms. The third-order valence-electron chi connectivity index (χ3n) is 8.25. The highest BCUT2D eigenvalue weighted by molar-refractivity contribution is 5.91. The summed E-state index contributed by atoms with van der Waals surface area (Å²) in [5.41, 5.74) is 0.669. The topological polar surface area (TPSA) is 37.3 Å². The minimum absolute atomic E-state index is 0.0225. The predicted molar refractivity (Wildman–Crippen MR) is 96.3 cm³/mol. The van der Waals surface area contributed by atoms with Gasteiger partial charge in [-0.2, -0.15) is 0 Å². The quantitative estimate of drug-likeness (QED) is 0.761. The van der Waals surface area contributed by atoms with Crippen molar-refractivity contribution in [2.24, 2.45) is 35.0 Å². The third kappa shape index (κ3) is 2.02.